The van der Waals surface area contributed by atoms with Gasteiger partial charge in [-0.1, -0.05) is 18.6 Å². The van der Waals surface area contributed by atoms with E-state index in [1.807, 2.05) is 18.2 Å². The van der Waals surface area contributed by atoms with Gasteiger partial charge >= 0.3 is 6.03 Å². The number of carbonyl (C=O) groups is 1. The minimum atomic E-state index is -0.203. The van der Waals surface area contributed by atoms with Crippen LogP contribution in [0.3, 0.4) is 0 Å². The Morgan fingerprint density at radius 3 is 2.80 bits per heavy atom. The topological polar surface area (TPSA) is 79.0 Å². The van der Waals surface area contributed by atoms with E-state index in [2.05, 4.69) is 46.8 Å². The molecule has 156 valence electrons. The van der Waals surface area contributed by atoms with E-state index in [9.17, 15) is 4.79 Å². The number of carbonyl (C=O) groups excluding carboxylic acids is 1. The van der Waals surface area contributed by atoms with Crippen LogP contribution in [0.2, 0.25) is 0 Å². The van der Waals surface area contributed by atoms with Crippen LogP contribution in [0.25, 0.3) is 10.9 Å². The number of aromatic nitrogens is 2. The van der Waals surface area contributed by atoms with E-state index in [4.69, 9.17) is 4.74 Å². The molecule has 1 aromatic heterocycles. The second-order valence-electron chi connectivity index (χ2n) is 8.81. The average molecular weight is 405 g/mol. The summed E-state index contributed by atoms with van der Waals surface area (Å²) in [5.41, 5.74) is 4.99. The fourth-order valence-corrected chi connectivity index (χ4v) is 4.95. The van der Waals surface area contributed by atoms with Gasteiger partial charge in [-0.3, -0.25) is 5.10 Å². The van der Waals surface area contributed by atoms with Crippen LogP contribution in [0, 0.1) is 13.8 Å². The number of hydrogen-bond acceptors (Lipinski definition) is 3. The maximum atomic E-state index is 13.0. The number of aryl methyl sites for hydroxylation is 2. The molecule has 6 heteroatoms. The van der Waals surface area contributed by atoms with E-state index >= 15 is 0 Å². The highest BCUT2D eigenvalue weighted by atomic mass is 16.5. The van der Waals surface area contributed by atoms with Gasteiger partial charge in [-0.25, -0.2) is 4.79 Å². The van der Waals surface area contributed by atoms with Gasteiger partial charge in [-0.05, 0) is 68.9 Å². The van der Waals surface area contributed by atoms with Crippen molar-refractivity contribution in [2.24, 2.45) is 0 Å². The van der Waals surface area contributed by atoms with Crippen LogP contribution in [0.4, 0.5) is 10.5 Å². The molecule has 6 nitrogen and oxygen atoms in total. The summed E-state index contributed by atoms with van der Waals surface area (Å²) in [5.74, 6) is 0.925. The smallest absolute Gasteiger partial charge is 0.319 e. The summed E-state index contributed by atoms with van der Waals surface area (Å²) in [6, 6.07) is 9.77. The molecule has 1 spiro atoms. The summed E-state index contributed by atoms with van der Waals surface area (Å²) < 4.78 is 6.59. The minimum absolute atomic E-state index is 0.0743. The second kappa shape index (κ2) is 7.35. The number of urea groups is 1. The van der Waals surface area contributed by atoms with Crippen molar-refractivity contribution in [1.82, 2.24) is 15.5 Å². The first-order chi connectivity index (χ1) is 14.5. The summed E-state index contributed by atoms with van der Waals surface area (Å²) in [4.78, 5) is 13.0. The van der Waals surface area contributed by atoms with Crippen molar-refractivity contribution >= 4 is 22.6 Å². The first-order valence-electron chi connectivity index (χ1n) is 10.8. The van der Waals surface area contributed by atoms with Crippen molar-refractivity contribution in [2.75, 3.05) is 5.32 Å². The fourth-order valence-electron chi connectivity index (χ4n) is 4.95. The number of rotatable bonds is 2. The number of fused-ring (bicyclic) bond motifs is 2. The van der Waals surface area contributed by atoms with Crippen LogP contribution in [0.5, 0.6) is 5.75 Å². The Morgan fingerprint density at radius 2 is 1.97 bits per heavy atom. The van der Waals surface area contributed by atoms with Gasteiger partial charge in [-0.15, -0.1) is 0 Å². The highest BCUT2D eigenvalue weighted by Crippen LogP contribution is 2.46. The molecule has 1 fully saturated rings. The standard InChI is InChI=1S/C24H28N4O2/c1-15-11-17-21(13-24(9-4-3-5-10-24)30-22(17)12-16(15)2)27-23(29)26-19-7-6-8-20-18(19)14-25-28-20/h6-8,11-12,14,21H,3-5,9-10,13H2,1-2H3,(H,25,28)(H2,26,27,29). The number of benzene rings is 2. The number of hydrogen-bond donors (Lipinski definition) is 3. The van der Waals surface area contributed by atoms with E-state index in [0.717, 1.165) is 47.2 Å². The van der Waals surface area contributed by atoms with Crippen LogP contribution < -0.4 is 15.4 Å². The van der Waals surface area contributed by atoms with Gasteiger partial charge in [0.05, 0.1) is 23.4 Å². The molecule has 1 aliphatic carbocycles. The van der Waals surface area contributed by atoms with Crippen LogP contribution >= 0.6 is 0 Å². The van der Waals surface area contributed by atoms with Crippen molar-refractivity contribution in [2.45, 2.75) is 64.0 Å². The Bertz CT molecular complexity index is 1100. The molecule has 0 saturated heterocycles. The zero-order chi connectivity index (χ0) is 20.7. The van der Waals surface area contributed by atoms with Gasteiger partial charge in [0, 0.05) is 17.4 Å². The SMILES string of the molecule is Cc1cc2c(cc1C)C(NC(=O)Nc1cccc3[nH]ncc13)CC1(CCCCC1)O2. The van der Waals surface area contributed by atoms with E-state index in [1.54, 1.807) is 6.20 Å². The molecule has 2 heterocycles. The average Bonchev–Trinajstić information content (AvgIpc) is 3.20. The van der Waals surface area contributed by atoms with Crippen LogP contribution in [0.1, 0.15) is 61.3 Å². The van der Waals surface area contributed by atoms with Gasteiger partial charge in [0.25, 0.3) is 0 Å². The Labute approximate surface area is 176 Å². The molecule has 1 atom stereocenters. The van der Waals surface area contributed by atoms with E-state index < -0.39 is 0 Å². The third-order valence-corrected chi connectivity index (χ3v) is 6.71. The number of aromatic amines is 1. The van der Waals surface area contributed by atoms with Gasteiger partial charge in [0.2, 0.25) is 0 Å². The van der Waals surface area contributed by atoms with E-state index in [1.165, 1.54) is 30.4 Å². The summed E-state index contributed by atoms with van der Waals surface area (Å²) in [5, 5.41) is 14.2. The summed E-state index contributed by atoms with van der Waals surface area (Å²) in [6.45, 7) is 4.22. The molecule has 3 N–H and O–H groups in total. The lowest BCUT2D eigenvalue weighted by atomic mass is 9.76. The second-order valence-corrected chi connectivity index (χ2v) is 8.81. The largest absolute Gasteiger partial charge is 0.487 e. The highest BCUT2D eigenvalue weighted by Gasteiger charge is 2.42. The Balaban J connectivity index is 1.43. The third kappa shape index (κ3) is 3.40. The van der Waals surface area contributed by atoms with Crippen molar-refractivity contribution in [3.8, 4) is 5.75 Å². The Hall–Kier alpha value is -3.02. The molecule has 0 radical (unpaired) electrons. The van der Waals surface area contributed by atoms with Crippen molar-refractivity contribution in [1.29, 1.82) is 0 Å². The number of nitrogens with zero attached hydrogens (tertiary/aromatic N) is 1. The first-order valence-corrected chi connectivity index (χ1v) is 10.8. The van der Waals surface area contributed by atoms with Gasteiger partial charge in [0.1, 0.15) is 11.4 Å². The lowest BCUT2D eigenvalue weighted by Gasteiger charge is -2.45. The zero-order valence-corrected chi connectivity index (χ0v) is 17.5. The summed E-state index contributed by atoms with van der Waals surface area (Å²) in [6.07, 6.45) is 8.27. The normalized spacial score (nSPS) is 19.9. The molecule has 1 aliphatic heterocycles. The van der Waals surface area contributed by atoms with Crippen LogP contribution in [-0.2, 0) is 0 Å². The van der Waals surface area contributed by atoms with E-state index in [-0.39, 0.29) is 17.7 Å². The molecule has 2 aliphatic rings. The lowest BCUT2D eigenvalue weighted by Crippen LogP contribution is -2.47. The molecular formula is C24H28N4O2. The molecule has 30 heavy (non-hydrogen) atoms. The fraction of sp³-hybridized carbons (Fsp3) is 0.417. The monoisotopic (exact) mass is 404 g/mol. The minimum Gasteiger partial charge on any atom is -0.487 e. The number of anilines is 1. The van der Waals surface area contributed by atoms with Gasteiger partial charge in [0.15, 0.2) is 0 Å². The molecule has 2 amide bonds. The number of ether oxygens (including phenoxy) is 1. The first kappa shape index (κ1) is 19.0. The molecule has 5 rings (SSSR count). The molecule has 1 unspecified atom stereocenters. The van der Waals surface area contributed by atoms with Crippen molar-refractivity contribution in [3.05, 3.63) is 53.2 Å². The summed E-state index contributed by atoms with van der Waals surface area (Å²) >= 11 is 0. The highest BCUT2D eigenvalue weighted by molar-refractivity contribution is 6.00. The zero-order valence-electron chi connectivity index (χ0n) is 17.5. The quantitative estimate of drug-likeness (QED) is 0.525. The Morgan fingerprint density at radius 1 is 1.17 bits per heavy atom. The molecule has 2 aromatic carbocycles. The molecule has 3 aromatic rings. The predicted octanol–water partition coefficient (Wildman–Crippen LogP) is 5.53. The third-order valence-electron chi connectivity index (χ3n) is 6.71. The maximum Gasteiger partial charge on any atom is 0.319 e. The molecule has 1 saturated carbocycles. The van der Waals surface area contributed by atoms with Crippen LogP contribution in [-0.4, -0.2) is 21.8 Å². The van der Waals surface area contributed by atoms with Gasteiger partial charge in [-0.2, -0.15) is 5.10 Å². The molecular weight excluding hydrogens is 376 g/mol. The lowest BCUT2D eigenvalue weighted by molar-refractivity contribution is -0.00108. The van der Waals surface area contributed by atoms with Gasteiger partial charge < -0.3 is 15.4 Å². The predicted molar refractivity (Wildman–Crippen MR) is 118 cm³/mol. The number of amides is 2. The summed E-state index contributed by atoms with van der Waals surface area (Å²) in [7, 11) is 0. The number of H-pyrrole nitrogens is 1. The van der Waals surface area contributed by atoms with Crippen molar-refractivity contribution < 1.29 is 9.53 Å². The van der Waals surface area contributed by atoms with E-state index in [0.29, 0.717) is 0 Å². The van der Waals surface area contributed by atoms with Crippen molar-refractivity contribution in [3.63, 3.8) is 0 Å². The van der Waals surface area contributed by atoms with Crippen LogP contribution in [0.15, 0.2) is 36.5 Å². The maximum absolute atomic E-state index is 13.0. The number of nitrogens with one attached hydrogen (secondary N) is 3. The molecule has 0 bridgehead atoms. The Kier molecular flexibility index (Phi) is 4.65.